The van der Waals surface area contributed by atoms with E-state index in [2.05, 4.69) is 5.32 Å². The molecule has 3 aromatic carbocycles. The molecule has 0 aliphatic heterocycles. The van der Waals surface area contributed by atoms with Crippen LogP contribution in [0.15, 0.2) is 78.9 Å². The minimum Gasteiger partial charge on any atom is -0.351 e. The van der Waals surface area contributed by atoms with Crippen molar-refractivity contribution in [3.05, 3.63) is 101 Å². The monoisotopic (exact) mass is 469 g/mol. The van der Waals surface area contributed by atoms with Gasteiger partial charge in [-0.25, -0.2) is 4.39 Å². The van der Waals surface area contributed by atoms with Crippen molar-refractivity contribution in [3.8, 4) is 0 Å². The number of anilines is 1. The number of nitrogens with zero attached hydrogens (tertiary/aromatic N) is 2. The number of amides is 1. The van der Waals surface area contributed by atoms with Crippen LogP contribution in [-0.2, 0) is 16.8 Å². The molecule has 0 fully saturated rings. The molecule has 0 aromatic heterocycles. The highest BCUT2D eigenvalue weighted by Crippen LogP contribution is 2.25. The first-order valence-electron chi connectivity index (χ1n) is 10.6. The van der Waals surface area contributed by atoms with Crippen LogP contribution >= 0.6 is 0 Å². The average Bonchev–Trinajstić information content (AvgIpc) is 2.82. The number of benzene rings is 3. The maximum Gasteiger partial charge on any atom is 0.303 e. The zero-order valence-electron chi connectivity index (χ0n) is 18.9. The van der Waals surface area contributed by atoms with Gasteiger partial charge in [0.15, 0.2) is 0 Å². The van der Waals surface area contributed by atoms with E-state index in [0.29, 0.717) is 17.7 Å². The Morgan fingerprint density at radius 3 is 2.15 bits per heavy atom. The van der Waals surface area contributed by atoms with E-state index in [1.165, 1.54) is 32.3 Å². The highest BCUT2D eigenvalue weighted by molar-refractivity contribution is 7.90. The van der Waals surface area contributed by atoms with Gasteiger partial charge in [-0.05, 0) is 41.3 Å². The van der Waals surface area contributed by atoms with Crippen molar-refractivity contribution in [1.82, 2.24) is 9.62 Å². The van der Waals surface area contributed by atoms with Gasteiger partial charge in [0.25, 0.3) is 5.91 Å². The molecule has 0 radical (unpaired) electrons. The molecule has 174 valence electrons. The summed E-state index contributed by atoms with van der Waals surface area (Å²) in [6, 6.07) is 22.3. The van der Waals surface area contributed by atoms with E-state index >= 15 is 0 Å². The van der Waals surface area contributed by atoms with E-state index in [-0.39, 0.29) is 24.1 Å². The minimum atomic E-state index is -3.94. The second-order valence-electron chi connectivity index (χ2n) is 7.97. The lowest BCUT2D eigenvalue weighted by Crippen LogP contribution is -2.40. The van der Waals surface area contributed by atoms with Crippen LogP contribution in [-0.4, -0.2) is 39.3 Å². The zero-order valence-corrected chi connectivity index (χ0v) is 19.7. The van der Waals surface area contributed by atoms with Gasteiger partial charge >= 0.3 is 10.2 Å². The van der Waals surface area contributed by atoms with E-state index in [1.807, 2.05) is 37.3 Å². The molecule has 3 rings (SSSR count). The first kappa shape index (κ1) is 24.4. The fourth-order valence-corrected chi connectivity index (χ4v) is 4.42. The molecule has 0 saturated carbocycles. The van der Waals surface area contributed by atoms with Gasteiger partial charge in [0.1, 0.15) is 5.82 Å². The molecule has 1 unspecified atom stereocenters. The van der Waals surface area contributed by atoms with E-state index in [0.717, 1.165) is 14.2 Å². The minimum absolute atomic E-state index is 0.0390. The standard InChI is InChI=1S/C25H28FN3O3S/c1-19(21-9-5-4-6-10-21)17-27-25(30)22-15-13-20(14-16-22)18-29(33(31,32)28(2)3)24-12-8-7-11-23(24)26/h4-16,19H,17-18H2,1-3H3,(H,27,30). The molecule has 0 heterocycles. The summed E-state index contributed by atoms with van der Waals surface area (Å²) in [6.45, 7) is 2.46. The second kappa shape index (κ2) is 10.6. The molecule has 0 saturated heterocycles. The fraction of sp³-hybridized carbons (Fsp3) is 0.240. The number of carbonyl (C=O) groups is 1. The highest BCUT2D eigenvalue weighted by atomic mass is 32.2. The van der Waals surface area contributed by atoms with Gasteiger partial charge in [-0.1, -0.05) is 61.5 Å². The Balaban J connectivity index is 1.72. The quantitative estimate of drug-likeness (QED) is 0.511. The predicted octanol–water partition coefficient (Wildman–Crippen LogP) is 4.17. The zero-order chi connectivity index (χ0) is 24.0. The summed E-state index contributed by atoms with van der Waals surface area (Å²) in [5.74, 6) is -0.678. The largest absolute Gasteiger partial charge is 0.351 e. The third-order valence-corrected chi connectivity index (χ3v) is 7.15. The Bertz CT molecular complexity index is 1180. The Morgan fingerprint density at radius 2 is 1.55 bits per heavy atom. The molecule has 0 bridgehead atoms. The third-order valence-electron chi connectivity index (χ3n) is 5.34. The number of nitrogens with one attached hydrogen (secondary N) is 1. The van der Waals surface area contributed by atoms with Crippen LogP contribution < -0.4 is 9.62 Å². The SMILES string of the molecule is CC(CNC(=O)c1ccc(CN(c2ccccc2F)S(=O)(=O)N(C)C)cc1)c1ccccc1. The maximum atomic E-state index is 14.4. The van der Waals surface area contributed by atoms with Gasteiger partial charge in [-0.2, -0.15) is 12.7 Å². The lowest BCUT2D eigenvalue weighted by atomic mass is 10.0. The van der Waals surface area contributed by atoms with E-state index in [9.17, 15) is 17.6 Å². The van der Waals surface area contributed by atoms with Crippen molar-refractivity contribution >= 4 is 21.8 Å². The van der Waals surface area contributed by atoms with E-state index in [1.54, 1.807) is 30.3 Å². The second-order valence-corrected chi connectivity index (χ2v) is 10.0. The van der Waals surface area contributed by atoms with Crippen molar-refractivity contribution < 1.29 is 17.6 Å². The summed E-state index contributed by atoms with van der Waals surface area (Å²) in [5.41, 5.74) is 2.19. The van der Waals surface area contributed by atoms with Crippen LogP contribution in [0.4, 0.5) is 10.1 Å². The topological polar surface area (TPSA) is 69.7 Å². The molecule has 1 amide bonds. The summed E-state index contributed by atoms with van der Waals surface area (Å²) >= 11 is 0. The summed E-state index contributed by atoms with van der Waals surface area (Å²) in [4.78, 5) is 12.6. The first-order valence-corrected chi connectivity index (χ1v) is 12.0. The van der Waals surface area contributed by atoms with Crippen LogP contribution in [0, 0.1) is 5.82 Å². The number of carbonyl (C=O) groups excluding carboxylic acids is 1. The van der Waals surface area contributed by atoms with Gasteiger partial charge < -0.3 is 5.32 Å². The number of halogens is 1. The molecule has 3 aromatic rings. The smallest absolute Gasteiger partial charge is 0.303 e. The van der Waals surface area contributed by atoms with Crippen LogP contribution in [0.25, 0.3) is 0 Å². The molecular formula is C25H28FN3O3S. The molecule has 0 aliphatic rings. The summed E-state index contributed by atoms with van der Waals surface area (Å²) in [6.07, 6.45) is 0. The van der Waals surface area contributed by atoms with E-state index < -0.39 is 16.0 Å². The lowest BCUT2D eigenvalue weighted by molar-refractivity contribution is 0.0951. The van der Waals surface area contributed by atoms with Gasteiger partial charge in [-0.15, -0.1) is 0 Å². The fourth-order valence-electron chi connectivity index (χ4n) is 3.32. The van der Waals surface area contributed by atoms with Gasteiger partial charge in [0, 0.05) is 26.2 Å². The van der Waals surface area contributed by atoms with Crippen LogP contribution in [0.5, 0.6) is 0 Å². The molecule has 0 aliphatic carbocycles. The van der Waals surface area contributed by atoms with Gasteiger partial charge in [-0.3, -0.25) is 9.10 Å². The average molecular weight is 470 g/mol. The Hall–Kier alpha value is -3.23. The molecule has 33 heavy (non-hydrogen) atoms. The Kier molecular flexibility index (Phi) is 7.84. The predicted molar refractivity (Wildman–Crippen MR) is 129 cm³/mol. The first-order chi connectivity index (χ1) is 15.7. The van der Waals surface area contributed by atoms with Crippen molar-refractivity contribution in [2.75, 3.05) is 24.9 Å². The lowest BCUT2D eigenvalue weighted by Gasteiger charge is -2.27. The highest BCUT2D eigenvalue weighted by Gasteiger charge is 2.27. The van der Waals surface area contributed by atoms with Crippen molar-refractivity contribution in [2.24, 2.45) is 0 Å². The molecule has 8 heteroatoms. The van der Waals surface area contributed by atoms with Gasteiger partial charge in [0.05, 0.1) is 12.2 Å². The van der Waals surface area contributed by atoms with Gasteiger partial charge in [0.2, 0.25) is 0 Å². The molecule has 6 nitrogen and oxygen atoms in total. The molecule has 0 spiro atoms. The Morgan fingerprint density at radius 1 is 0.939 bits per heavy atom. The summed E-state index contributed by atoms with van der Waals surface area (Å²) < 4.78 is 42.2. The van der Waals surface area contributed by atoms with Crippen molar-refractivity contribution in [1.29, 1.82) is 0 Å². The van der Waals surface area contributed by atoms with Crippen LogP contribution in [0.2, 0.25) is 0 Å². The van der Waals surface area contributed by atoms with Crippen molar-refractivity contribution in [2.45, 2.75) is 19.4 Å². The number of para-hydroxylation sites is 1. The van der Waals surface area contributed by atoms with Crippen LogP contribution in [0.3, 0.4) is 0 Å². The Labute approximate surface area is 194 Å². The summed E-state index contributed by atoms with van der Waals surface area (Å²) in [7, 11) is -1.14. The molecule has 1 atom stereocenters. The number of rotatable bonds is 9. The number of hydrogen-bond acceptors (Lipinski definition) is 3. The normalized spacial score (nSPS) is 12.4. The third kappa shape index (κ3) is 5.97. The number of hydrogen-bond donors (Lipinski definition) is 1. The summed E-state index contributed by atoms with van der Waals surface area (Å²) in [5, 5.41) is 2.93. The molecule has 1 N–H and O–H groups in total. The van der Waals surface area contributed by atoms with E-state index in [4.69, 9.17) is 0 Å². The molecular weight excluding hydrogens is 441 g/mol. The van der Waals surface area contributed by atoms with Crippen molar-refractivity contribution in [3.63, 3.8) is 0 Å². The van der Waals surface area contributed by atoms with Crippen LogP contribution in [0.1, 0.15) is 34.3 Å². The maximum absolute atomic E-state index is 14.4.